The molecule has 1 fully saturated rings. The molecule has 0 radical (unpaired) electrons. The molecule has 0 aromatic carbocycles. The topological polar surface area (TPSA) is 62.2 Å². The third-order valence-electron chi connectivity index (χ3n) is 3.63. The highest BCUT2D eigenvalue weighted by atomic mass is 32.1. The molecule has 0 aliphatic heterocycles. The van der Waals surface area contributed by atoms with Gasteiger partial charge in [0.2, 0.25) is 0 Å². The largest absolute Gasteiger partial charge is 0.388 e. The van der Waals surface area contributed by atoms with E-state index in [0.29, 0.717) is 17.3 Å². The summed E-state index contributed by atoms with van der Waals surface area (Å²) in [5.74, 6) is 0.553. The molecule has 0 saturated heterocycles. The molecule has 1 aliphatic rings. The van der Waals surface area contributed by atoms with Crippen LogP contribution in [0.25, 0.3) is 0 Å². The summed E-state index contributed by atoms with van der Waals surface area (Å²) in [6.07, 6.45) is 5.20. The average molecular weight is 268 g/mol. The molecule has 1 saturated carbocycles. The lowest BCUT2D eigenvalue weighted by Crippen LogP contribution is -2.45. The van der Waals surface area contributed by atoms with Crippen LogP contribution in [0.4, 0.5) is 0 Å². The molecule has 1 aromatic heterocycles. The van der Waals surface area contributed by atoms with Crippen LogP contribution in [0.5, 0.6) is 0 Å². The van der Waals surface area contributed by atoms with Gasteiger partial charge in [0.25, 0.3) is 5.91 Å². The second-order valence-electron chi connectivity index (χ2n) is 5.33. The first kappa shape index (κ1) is 13.5. The van der Waals surface area contributed by atoms with E-state index in [1.54, 1.807) is 6.20 Å². The Morgan fingerprint density at radius 3 is 2.83 bits per heavy atom. The zero-order valence-corrected chi connectivity index (χ0v) is 11.7. The average Bonchev–Trinajstić information content (AvgIpc) is 2.77. The first-order chi connectivity index (χ1) is 8.48. The number of carbonyl (C=O) groups is 1. The monoisotopic (exact) mass is 268 g/mol. The van der Waals surface area contributed by atoms with E-state index < -0.39 is 5.60 Å². The number of nitrogens with one attached hydrogen (secondary N) is 1. The lowest BCUT2D eigenvalue weighted by molar-refractivity contribution is -0.00536. The van der Waals surface area contributed by atoms with Crippen molar-refractivity contribution in [2.45, 2.75) is 45.1 Å². The lowest BCUT2D eigenvalue weighted by atomic mass is 9.79. The molecule has 100 valence electrons. The molecule has 0 spiro atoms. The third-order valence-corrected chi connectivity index (χ3v) is 4.54. The maximum Gasteiger partial charge on any atom is 0.263 e. The van der Waals surface area contributed by atoms with Crippen molar-refractivity contribution >= 4 is 17.2 Å². The van der Waals surface area contributed by atoms with E-state index >= 15 is 0 Å². The normalized spacial score (nSPS) is 28.1. The van der Waals surface area contributed by atoms with Crippen molar-refractivity contribution in [3.05, 3.63) is 16.1 Å². The molecule has 1 aliphatic carbocycles. The van der Waals surface area contributed by atoms with Crippen LogP contribution >= 0.6 is 11.3 Å². The Labute approximate surface area is 111 Å². The van der Waals surface area contributed by atoms with Crippen LogP contribution in [0, 0.1) is 12.8 Å². The maximum atomic E-state index is 11.9. The van der Waals surface area contributed by atoms with Gasteiger partial charge >= 0.3 is 0 Å². The van der Waals surface area contributed by atoms with E-state index in [4.69, 9.17) is 0 Å². The van der Waals surface area contributed by atoms with E-state index in [1.807, 2.05) is 6.92 Å². The first-order valence-corrected chi connectivity index (χ1v) is 7.23. The Bertz CT molecular complexity index is 422. The summed E-state index contributed by atoms with van der Waals surface area (Å²) in [4.78, 5) is 16.5. The summed E-state index contributed by atoms with van der Waals surface area (Å²) in [5, 5.41) is 14.1. The van der Waals surface area contributed by atoms with Crippen LogP contribution in [0.15, 0.2) is 6.20 Å². The van der Waals surface area contributed by atoms with Crippen molar-refractivity contribution in [3.8, 4) is 0 Å². The van der Waals surface area contributed by atoms with Crippen LogP contribution in [0.2, 0.25) is 0 Å². The molecular formula is C13H20N2O2S. The highest BCUT2D eigenvalue weighted by Gasteiger charge is 2.32. The predicted octanol–water partition coefficient (Wildman–Crippen LogP) is 2.12. The van der Waals surface area contributed by atoms with Gasteiger partial charge in [0, 0.05) is 6.54 Å². The number of nitrogens with zero attached hydrogens (tertiary/aromatic N) is 1. The van der Waals surface area contributed by atoms with E-state index in [1.165, 1.54) is 11.3 Å². The molecule has 0 bridgehead atoms. The van der Waals surface area contributed by atoms with Gasteiger partial charge in [0.15, 0.2) is 0 Å². The van der Waals surface area contributed by atoms with Gasteiger partial charge in [0.05, 0.1) is 16.8 Å². The summed E-state index contributed by atoms with van der Waals surface area (Å²) in [6, 6.07) is 0. The zero-order valence-electron chi connectivity index (χ0n) is 10.9. The molecular weight excluding hydrogens is 248 g/mol. The second-order valence-corrected chi connectivity index (χ2v) is 6.57. The molecule has 1 aromatic rings. The van der Waals surface area contributed by atoms with E-state index in [9.17, 15) is 9.90 Å². The highest BCUT2D eigenvalue weighted by molar-refractivity contribution is 7.13. The summed E-state index contributed by atoms with van der Waals surface area (Å²) in [5.41, 5.74) is -0.720. The minimum absolute atomic E-state index is 0.132. The van der Waals surface area contributed by atoms with Crippen molar-refractivity contribution < 1.29 is 9.90 Å². The van der Waals surface area contributed by atoms with Crippen LogP contribution in [-0.4, -0.2) is 28.1 Å². The molecule has 18 heavy (non-hydrogen) atoms. The number of aromatic nitrogens is 1. The molecule has 0 atom stereocenters. The number of thiazole rings is 1. The molecule has 2 N–H and O–H groups in total. The van der Waals surface area contributed by atoms with Crippen LogP contribution in [0.3, 0.4) is 0 Å². The Hall–Kier alpha value is -0.940. The fraction of sp³-hybridized carbons (Fsp3) is 0.692. The predicted molar refractivity (Wildman–Crippen MR) is 71.8 cm³/mol. The first-order valence-electron chi connectivity index (χ1n) is 6.41. The summed E-state index contributed by atoms with van der Waals surface area (Å²) >= 11 is 1.38. The number of rotatable bonds is 3. The van der Waals surface area contributed by atoms with Crippen LogP contribution in [0.1, 0.15) is 47.3 Å². The number of aliphatic hydroxyl groups is 1. The molecule has 2 rings (SSSR count). The molecule has 4 nitrogen and oxygen atoms in total. The maximum absolute atomic E-state index is 11.9. The Balaban J connectivity index is 1.86. The number of carbonyl (C=O) groups excluding carboxylic acids is 1. The van der Waals surface area contributed by atoms with Gasteiger partial charge in [-0.15, -0.1) is 11.3 Å². The zero-order chi connectivity index (χ0) is 13.2. The van der Waals surface area contributed by atoms with E-state index in [0.717, 1.165) is 30.7 Å². The van der Waals surface area contributed by atoms with Crippen molar-refractivity contribution in [3.63, 3.8) is 0 Å². The summed E-state index contributed by atoms with van der Waals surface area (Å²) in [7, 11) is 0. The summed E-state index contributed by atoms with van der Waals surface area (Å²) < 4.78 is 0. The van der Waals surface area contributed by atoms with E-state index in [2.05, 4.69) is 17.2 Å². The van der Waals surface area contributed by atoms with Gasteiger partial charge in [-0.3, -0.25) is 4.79 Å². The molecule has 1 heterocycles. The quantitative estimate of drug-likeness (QED) is 0.882. The third kappa shape index (κ3) is 3.29. The standard InChI is InChI=1S/C13H20N2O2S/c1-9-3-5-13(17,6-4-9)8-15-12(16)11-7-14-10(2)18-11/h7,9,17H,3-6,8H2,1-2H3,(H,15,16). The van der Waals surface area contributed by atoms with Crippen molar-refractivity contribution in [2.24, 2.45) is 5.92 Å². The minimum Gasteiger partial charge on any atom is -0.388 e. The second kappa shape index (κ2) is 5.36. The van der Waals surface area contributed by atoms with Gasteiger partial charge in [-0.1, -0.05) is 6.92 Å². The van der Waals surface area contributed by atoms with Gasteiger partial charge < -0.3 is 10.4 Å². The van der Waals surface area contributed by atoms with Crippen molar-refractivity contribution in [1.29, 1.82) is 0 Å². The lowest BCUT2D eigenvalue weighted by Gasteiger charge is -2.34. The molecule has 5 heteroatoms. The highest BCUT2D eigenvalue weighted by Crippen LogP contribution is 2.31. The van der Waals surface area contributed by atoms with E-state index in [-0.39, 0.29) is 5.91 Å². The Kier molecular flexibility index (Phi) is 4.02. The Morgan fingerprint density at radius 2 is 2.28 bits per heavy atom. The molecule has 1 amide bonds. The van der Waals surface area contributed by atoms with Crippen LogP contribution < -0.4 is 5.32 Å². The number of amides is 1. The van der Waals surface area contributed by atoms with Crippen molar-refractivity contribution in [1.82, 2.24) is 10.3 Å². The number of aryl methyl sites for hydroxylation is 1. The smallest absolute Gasteiger partial charge is 0.263 e. The van der Waals surface area contributed by atoms with Gasteiger partial charge in [0.1, 0.15) is 4.88 Å². The number of hydrogen-bond donors (Lipinski definition) is 2. The Morgan fingerprint density at radius 1 is 1.61 bits per heavy atom. The minimum atomic E-state index is -0.720. The van der Waals surface area contributed by atoms with Gasteiger partial charge in [-0.05, 0) is 38.5 Å². The van der Waals surface area contributed by atoms with Gasteiger partial charge in [-0.2, -0.15) is 0 Å². The van der Waals surface area contributed by atoms with Crippen molar-refractivity contribution in [2.75, 3.05) is 6.54 Å². The SMILES string of the molecule is Cc1ncc(C(=O)NCC2(O)CCC(C)CC2)s1. The summed E-state index contributed by atoms with van der Waals surface area (Å²) in [6.45, 7) is 4.42. The fourth-order valence-corrected chi connectivity index (χ4v) is 2.97. The number of hydrogen-bond acceptors (Lipinski definition) is 4. The molecule has 0 unspecified atom stereocenters. The fourth-order valence-electron chi connectivity index (χ4n) is 2.27. The van der Waals surface area contributed by atoms with Crippen LogP contribution in [-0.2, 0) is 0 Å². The van der Waals surface area contributed by atoms with Gasteiger partial charge in [-0.25, -0.2) is 4.98 Å².